The Labute approximate surface area is 181 Å². The largest absolute Gasteiger partial charge is 0.493 e. The molecule has 164 valence electrons. The number of rotatable bonds is 7. The van der Waals surface area contributed by atoms with Gasteiger partial charge in [-0.15, -0.1) is 0 Å². The van der Waals surface area contributed by atoms with Crippen molar-refractivity contribution in [2.24, 2.45) is 0 Å². The van der Waals surface area contributed by atoms with Crippen LogP contribution >= 0.6 is 0 Å². The van der Waals surface area contributed by atoms with Crippen LogP contribution in [0, 0.1) is 5.82 Å². The third-order valence-electron chi connectivity index (χ3n) is 5.23. The molecule has 0 aromatic heterocycles. The summed E-state index contributed by atoms with van der Waals surface area (Å²) >= 11 is 0. The van der Waals surface area contributed by atoms with Gasteiger partial charge in [0.2, 0.25) is 0 Å². The van der Waals surface area contributed by atoms with Crippen molar-refractivity contribution < 1.29 is 23.5 Å². The Balaban J connectivity index is 1.56. The van der Waals surface area contributed by atoms with E-state index in [9.17, 15) is 14.0 Å². The second-order valence-corrected chi connectivity index (χ2v) is 7.29. The monoisotopic (exact) mass is 426 g/mol. The van der Waals surface area contributed by atoms with Gasteiger partial charge in [0.25, 0.3) is 5.91 Å². The van der Waals surface area contributed by atoms with Gasteiger partial charge in [-0.25, -0.2) is 4.39 Å². The van der Waals surface area contributed by atoms with Gasteiger partial charge in [0.1, 0.15) is 5.82 Å². The number of allylic oxidation sites excluding steroid dienone is 1. The van der Waals surface area contributed by atoms with Crippen LogP contribution in [0.15, 0.2) is 42.5 Å². The first-order chi connectivity index (χ1) is 14.9. The number of methoxy groups -OCH3 is 1. The minimum Gasteiger partial charge on any atom is -0.493 e. The molecular formula is C24H27FN2O4. The second kappa shape index (κ2) is 10.1. The highest BCUT2D eigenvalue weighted by Crippen LogP contribution is 2.29. The lowest BCUT2D eigenvalue weighted by Crippen LogP contribution is -2.50. The van der Waals surface area contributed by atoms with Crippen molar-refractivity contribution in [1.29, 1.82) is 0 Å². The summed E-state index contributed by atoms with van der Waals surface area (Å²) < 4.78 is 25.5. The highest BCUT2D eigenvalue weighted by Gasteiger charge is 2.23. The molecule has 1 aliphatic heterocycles. The van der Waals surface area contributed by atoms with Crippen molar-refractivity contribution in [3.8, 4) is 11.5 Å². The van der Waals surface area contributed by atoms with Gasteiger partial charge in [0.05, 0.1) is 12.8 Å². The van der Waals surface area contributed by atoms with Crippen LogP contribution in [0.25, 0.3) is 6.08 Å². The number of ether oxygens (including phenoxy) is 2. The topological polar surface area (TPSA) is 59.1 Å². The van der Waals surface area contributed by atoms with Gasteiger partial charge in [0, 0.05) is 31.7 Å². The Hall–Kier alpha value is -3.35. The number of hydrogen-bond donors (Lipinski definition) is 0. The Kier molecular flexibility index (Phi) is 7.28. The molecule has 2 aromatic carbocycles. The van der Waals surface area contributed by atoms with Crippen molar-refractivity contribution in [2.45, 2.75) is 13.8 Å². The molecule has 0 aliphatic carbocycles. The zero-order chi connectivity index (χ0) is 22.4. The van der Waals surface area contributed by atoms with Crippen LogP contribution in [0.3, 0.4) is 0 Å². The number of Topliss-reactive ketones (excluding diaryl/α,β-unsaturated/α-hetero) is 1. The highest BCUT2D eigenvalue weighted by molar-refractivity contribution is 5.94. The van der Waals surface area contributed by atoms with E-state index >= 15 is 0 Å². The third-order valence-corrected chi connectivity index (χ3v) is 5.23. The van der Waals surface area contributed by atoms with Crippen LogP contribution in [0.2, 0.25) is 0 Å². The molecule has 1 aliphatic rings. The van der Waals surface area contributed by atoms with Crippen LogP contribution in [0.4, 0.5) is 10.1 Å². The predicted molar refractivity (Wildman–Crippen MR) is 118 cm³/mol. The molecule has 1 heterocycles. The molecule has 6 nitrogen and oxygen atoms in total. The van der Waals surface area contributed by atoms with Gasteiger partial charge >= 0.3 is 0 Å². The molecule has 1 fully saturated rings. The van der Waals surface area contributed by atoms with Crippen LogP contribution in [-0.4, -0.2) is 56.5 Å². The maximum atomic E-state index is 14.4. The number of benzene rings is 2. The first kappa shape index (κ1) is 22.3. The molecule has 0 radical (unpaired) electrons. The Bertz CT molecular complexity index is 982. The van der Waals surface area contributed by atoms with E-state index in [0.717, 1.165) is 5.56 Å². The van der Waals surface area contributed by atoms with E-state index in [1.54, 1.807) is 30.2 Å². The lowest BCUT2D eigenvalue weighted by molar-refractivity contribution is -0.133. The zero-order valence-corrected chi connectivity index (χ0v) is 18.1. The fraction of sp³-hybridized carbons (Fsp3) is 0.333. The van der Waals surface area contributed by atoms with Crippen LogP contribution in [-0.2, 0) is 4.79 Å². The molecule has 0 N–H and O–H groups in total. The molecule has 0 atom stereocenters. The normalized spacial score (nSPS) is 14.1. The molecule has 0 spiro atoms. The maximum absolute atomic E-state index is 14.4. The van der Waals surface area contributed by atoms with E-state index in [1.165, 1.54) is 13.0 Å². The van der Waals surface area contributed by atoms with Crippen LogP contribution < -0.4 is 14.4 Å². The van der Waals surface area contributed by atoms with Gasteiger partial charge in [-0.3, -0.25) is 9.59 Å². The predicted octanol–water partition coefficient (Wildman–Crippen LogP) is 3.80. The average molecular weight is 426 g/mol. The minimum atomic E-state index is -0.427. The van der Waals surface area contributed by atoms with Gasteiger partial charge in [0.15, 0.2) is 23.9 Å². The fourth-order valence-corrected chi connectivity index (χ4v) is 3.51. The molecule has 1 amide bonds. The summed E-state index contributed by atoms with van der Waals surface area (Å²) in [4.78, 5) is 27.6. The number of nitrogens with zero attached hydrogens (tertiary/aromatic N) is 2. The van der Waals surface area contributed by atoms with E-state index in [2.05, 4.69) is 0 Å². The minimum absolute atomic E-state index is 0.0962. The fourth-order valence-electron chi connectivity index (χ4n) is 3.51. The summed E-state index contributed by atoms with van der Waals surface area (Å²) in [6.45, 7) is 5.19. The summed E-state index contributed by atoms with van der Waals surface area (Å²) in [5.41, 5.74) is 1.78. The SMILES string of the molecule is CC=Cc1ccc(OCC(=O)N2CCN(c3ccc(C(C)=O)cc3F)CC2)c(OC)c1. The van der Waals surface area contributed by atoms with E-state index in [0.29, 0.717) is 48.9 Å². The number of carbonyl (C=O) groups excluding carboxylic acids is 2. The van der Waals surface area contributed by atoms with E-state index in [-0.39, 0.29) is 18.3 Å². The molecule has 0 saturated carbocycles. The molecule has 1 saturated heterocycles. The van der Waals surface area contributed by atoms with Gasteiger partial charge in [-0.2, -0.15) is 0 Å². The smallest absolute Gasteiger partial charge is 0.260 e. The van der Waals surface area contributed by atoms with Crippen LogP contribution in [0.5, 0.6) is 11.5 Å². The molecule has 7 heteroatoms. The van der Waals surface area contributed by atoms with Crippen molar-refractivity contribution >= 4 is 23.5 Å². The number of ketones is 1. The molecular weight excluding hydrogens is 399 g/mol. The Morgan fingerprint density at radius 3 is 2.42 bits per heavy atom. The molecule has 0 unspecified atom stereocenters. The third kappa shape index (κ3) is 5.42. The summed E-state index contributed by atoms with van der Waals surface area (Å²) in [7, 11) is 1.56. The summed E-state index contributed by atoms with van der Waals surface area (Å²) in [6.07, 6.45) is 3.88. The number of anilines is 1. The second-order valence-electron chi connectivity index (χ2n) is 7.29. The van der Waals surface area contributed by atoms with Crippen molar-refractivity contribution in [2.75, 3.05) is 44.8 Å². The number of hydrogen-bond acceptors (Lipinski definition) is 5. The number of amides is 1. The summed E-state index contributed by atoms with van der Waals surface area (Å²) in [6, 6.07) is 10.0. The van der Waals surface area contributed by atoms with Crippen molar-refractivity contribution in [3.63, 3.8) is 0 Å². The lowest BCUT2D eigenvalue weighted by Gasteiger charge is -2.36. The van der Waals surface area contributed by atoms with Crippen molar-refractivity contribution in [1.82, 2.24) is 4.90 Å². The van der Waals surface area contributed by atoms with Crippen molar-refractivity contribution in [3.05, 3.63) is 59.4 Å². The maximum Gasteiger partial charge on any atom is 0.260 e. The first-order valence-corrected chi connectivity index (χ1v) is 10.2. The van der Waals surface area contributed by atoms with E-state index in [4.69, 9.17) is 9.47 Å². The van der Waals surface area contributed by atoms with E-state index < -0.39 is 5.82 Å². The molecule has 31 heavy (non-hydrogen) atoms. The summed E-state index contributed by atoms with van der Waals surface area (Å²) in [5.74, 6) is 0.345. The number of carbonyl (C=O) groups is 2. The van der Waals surface area contributed by atoms with Gasteiger partial charge in [-0.1, -0.05) is 18.2 Å². The zero-order valence-electron chi connectivity index (χ0n) is 18.1. The first-order valence-electron chi connectivity index (χ1n) is 10.2. The van der Waals surface area contributed by atoms with Crippen LogP contribution in [0.1, 0.15) is 29.8 Å². The Morgan fingerprint density at radius 2 is 1.81 bits per heavy atom. The molecule has 0 bridgehead atoms. The lowest BCUT2D eigenvalue weighted by atomic mass is 10.1. The number of halogens is 1. The standard InChI is InChI=1S/C24H27FN2O4/c1-4-5-18-6-9-22(23(14-18)30-3)31-16-24(29)27-12-10-26(11-13-27)21-8-7-19(17(2)28)15-20(21)25/h4-9,14-15H,10-13,16H2,1-3H3. The van der Waals surface area contributed by atoms with Gasteiger partial charge in [-0.05, 0) is 49.7 Å². The average Bonchev–Trinajstić information content (AvgIpc) is 2.78. The summed E-state index contributed by atoms with van der Waals surface area (Å²) in [5, 5.41) is 0. The van der Waals surface area contributed by atoms with E-state index in [1.807, 2.05) is 36.1 Å². The number of piperazine rings is 1. The Morgan fingerprint density at radius 1 is 1.06 bits per heavy atom. The quantitative estimate of drug-likeness (QED) is 0.631. The molecule has 3 rings (SSSR count). The highest BCUT2D eigenvalue weighted by atomic mass is 19.1. The van der Waals surface area contributed by atoms with Gasteiger partial charge < -0.3 is 19.3 Å². The molecule has 2 aromatic rings.